The fraction of sp³-hybridized carbons (Fsp3) is 0.207. The number of aromatic nitrogens is 1. The van der Waals surface area contributed by atoms with Gasteiger partial charge in [0, 0.05) is 29.5 Å². The number of hydrogen-bond acceptors (Lipinski definition) is 2. The van der Waals surface area contributed by atoms with Gasteiger partial charge in [0.15, 0.2) is 0 Å². The Morgan fingerprint density at radius 2 is 1.27 bits per heavy atom. The summed E-state index contributed by atoms with van der Waals surface area (Å²) in [6.07, 6.45) is -9.38. The van der Waals surface area contributed by atoms with Crippen molar-refractivity contribution in [3.63, 3.8) is 0 Å². The zero-order valence-corrected chi connectivity index (χ0v) is 19.9. The van der Waals surface area contributed by atoms with Crippen molar-refractivity contribution in [2.24, 2.45) is 0 Å². The summed E-state index contributed by atoms with van der Waals surface area (Å²) in [7, 11) is 0. The van der Waals surface area contributed by atoms with Crippen LogP contribution < -0.4 is 5.32 Å². The Balaban J connectivity index is 1.64. The zero-order chi connectivity index (χ0) is 26.6. The van der Waals surface area contributed by atoms with Gasteiger partial charge in [-0.25, -0.2) is 0 Å². The molecule has 0 amide bonds. The van der Waals surface area contributed by atoms with Crippen LogP contribution in [0, 0.1) is 6.92 Å². The van der Waals surface area contributed by atoms with Crippen LogP contribution in [-0.4, -0.2) is 11.5 Å². The summed E-state index contributed by atoms with van der Waals surface area (Å²) in [5.41, 5.74) is 1.52. The Kier molecular flexibility index (Phi) is 7.57. The Labute approximate surface area is 211 Å². The highest BCUT2D eigenvalue weighted by Gasteiger charge is 2.37. The molecule has 0 spiro atoms. The molecule has 0 aliphatic heterocycles. The lowest BCUT2D eigenvalue weighted by Gasteiger charge is -2.21. The average Bonchev–Trinajstić information content (AvgIpc) is 2.86. The molecule has 1 N–H and O–H groups in total. The molecular weight excluding hydrogens is 490 g/mol. The minimum atomic E-state index is -4.91. The van der Waals surface area contributed by atoms with Gasteiger partial charge in [0.05, 0.1) is 11.1 Å². The van der Waals surface area contributed by atoms with Crippen LogP contribution in [0.3, 0.4) is 0 Å². The van der Waals surface area contributed by atoms with Gasteiger partial charge in [-0.2, -0.15) is 26.3 Å². The maximum absolute atomic E-state index is 13.3. The van der Waals surface area contributed by atoms with Crippen molar-refractivity contribution in [2.45, 2.75) is 31.6 Å². The van der Waals surface area contributed by atoms with Crippen molar-refractivity contribution in [3.8, 4) is 11.1 Å². The molecule has 1 heterocycles. The largest absolute Gasteiger partial charge is 0.416 e. The number of halogens is 6. The number of hydrogen-bond donors (Lipinski definition) is 1. The number of nitrogens with zero attached hydrogens (tertiary/aromatic N) is 1. The molecule has 0 saturated heterocycles. The van der Waals surface area contributed by atoms with Crippen LogP contribution in [0.15, 0.2) is 91.0 Å². The lowest BCUT2D eigenvalue weighted by Crippen LogP contribution is -2.17. The third-order valence-electron chi connectivity index (χ3n) is 5.98. The molecule has 3 aromatic carbocycles. The van der Waals surface area contributed by atoms with Gasteiger partial charge >= 0.3 is 12.4 Å². The molecule has 0 fully saturated rings. The molecule has 0 radical (unpaired) electrons. The number of anilines is 1. The van der Waals surface area contributed by atoms with E-state index in [2.05, 4.69) is 10.3 Å². The summed E-state index contributed by atoms with van der Waals surface area (Å²) in [6.45, 7) is 1.99. The van der Waals surface area contributed by atoms with Gasteiger partial charge in [0.1, 0.15) is 0 Å². The molecule has 4 aromatic rings. The highest BCUT2D eigenvalue weighted by Crippen LogP contribution is 2.38. The Morgan fingerprint density at radius 3 is 1.84 bits per heavy atom. The number of rotatable bonds is 7. The predicted molar refractivity (Wildman–Crippen MR) is 132 cm³/mol. The molecule has 0 aliphatic rings. The summed E-state index contributed by atoms with van der Waals surface area (Å²) in [5.74, 6) is -0.261. The molecule has 8 heteroatoms. The Hall–Kier alpha value is -3.81. The number of alkyl halides is 6. The molecule has 192 valence electrons. The van der Waals surface area contributed by atoms with Gasteiger partial charge < -0.3 is 5.32 Å². The first-order valence-corrected chi connectivity index (χ1v) is 11.6. The normalized spacial score (nSPS) is 12.8. The van der Waals surface area contributed by atoms with Gasteiger partial charge in [0.25, 0.3) is 0 Å². The van der Waals surface area contributed by atoms with Crippen molar-refractivity contribution >= 4 is 5.69 Å². The lowest BCUT2D eigenvalue weighted by atomic mass is 9.92. The van der Waals surface area contributed by atoms with Crippen LogP contribution in [0.1, 0.15) is 34.0 Å². The molecule has 0 aliphatic carbocycles. The van der Waals surface area contributed by atoms with E-state index in [1.165, 1.54) is 0 Å². The van der Waals surface area contributed by atoms with Crippen LogP contribution in [0.2, 0.25) is 0 Å². The van der Waals surface area contributed by atoms with Gasteiger partial charge in [-0.05, 0) is 60.4 Å². The maximum Gasteiger partial charge on any atom is 0.416 e. The minimum absolute atomic E-state index is 0.110. The number of aryl methyl sites for hydroxylation is 1. The van der Waals surface area contributed by atoms with Crippen LogP contribution >= 0.6 is 0 Å². The van der Waals surface area contributed by atoms with Gasteiger partial charge in [-0.1, -0.05) is 60.7 Å². The van der Waals surface area contributed by atoms with E-state index < -0.39 is 23.5 Å². The fourth-order valence-corrected chi connectivity index (χ4v) is 4.22. The molecule has 0 bridgehead atoms. The maximum atomic E-state index is 13.3. The third kappa shape index (κ3) is 6.90. The van der Waals surface area contributed by atoms with Gasteiger partial charge in [-0.15, -0.1) is 0 Å². The van der Waals surface area contributed by atoms with Crippen LogP contribution in [-0.2, 0) is 18.8 Å². The fourth-order valence-electron chi connectivity index (χ4n) is 4.22. The number of nitrogens with one attached hydrogen (secondary N) is 1. The summed E-state index contributed by atoms with van der Waals surface area (Å²) in [6, 6.07) is 24.5. The SMILES string of the molecule is Cc1cc(-c2ccccc2)cc(C[C@H](CNc2cc(C(F)(F)F)cc(C(F)(F)F)c2)c2ccccc2)n1. The van der Waals surface area contributed by atoms with Crippen molar-refractivity contribution in [2.75, 3.05) is 11.9 Å². The van der Waals surface area contributed by atoms with Crippen LogP contribution in [0.4, 0.5) is 32.0 Å². The highest BCUT2D eigenvalue weighted by molar-refractivity contribution is 5.64. The van der Waals surface area contributed by atoms with E-state index in [0.29, 0.717) is 18.6 Å². The summed E-state index contributed by atoms with van der Waals surface area (Å²) in [4.78, 5) is 4.65. The first-order chi connectivity index (χ1) is 17.5. The lowest BCUT2D eigenvalue weighted by molar-refractivity contribution is -0.143. The summed E-state index contributed by atoms with van der Waals surface area (Å²) < 4.78 is 79.8. The molecule has 4 rings (SSSR count). The van der Waals surface area contributed by atoms with Crippen molar-refractivity contribution in [1.29, 1.82) is 0 Å². The topological polar surface area (TPSA) is 24.9 Å². The first kappa shape index (κ1) is 26.3. The number of benzene rings is 3. The molecule has 1 atom stereocenters. The van der Waals surface area contributed by atoms with Crippen molar-refractivity contribution < 1.29 is 26.3 Å². The van der Waals surface area contributed by atoms with E-state index in [1.54, 1.807) is 0 Å². The molecular formula is C29H24F6N2. The Bertz CT molecular complexity index is 1300. The Morgan fingerprint density at radius 1 is 0.703 bits per heavy atom. The second kappa shape index (κ2) is 10.7. The van der Waals surface area contributed by atoms with Crippen molar-refractivity contribution in [1.82, 2.24) is 4.98 Å². The second-order valence-corrected chi connectivity index (χ2v) is 8.84. The monoisotopic (exact) mass is 514 g/mol. The van der Waals surface area contributed by atoms with E-state index in [1.807, 2.05) is 79.7 Å². The van der Waals surface area contributed by atoms with Crippen LogP contribution in [0.25, 0.3) is 11.1 Å². The van der Waals surface area contributed by atoms with Crippen molar-refractivity contribution in [3.05, 3.63) is 119 Å². The second-order valence-electron chi connectivity index (χ2n) is 8.84. The zero-order valence-electron chi connectivity index (χ0n) is 19.9. The first-order valence-electron chi connectivity index (χ1n) is 11.6. The highest BCUT2D eigenvalue weighted by atomic mass is 19.4. The molecule has 0 saturated carbocycles. The molecule has 2 nitrogen and oxygen atoms in total. The minimum Gasteiger partial charge on any atom is -0.384 e. The molecule has 1 aromatic heterocycles. The van der Waals surface area contributed by atoms with E-state index in [-0.39, 0.29) is 24.2 Å². The smallest absolute Gasteiger partial charge is 0.384 e. The van der Waals surface area contributed by atoms with E-state index in [9.17, 15) is 26.3 Å². The van der Waals surface area contributed by atoms with E-state index >= 15 is 0 Å². The summed E-state index contributed by atoms with van der Waals surface area (Å²) >= 11 is 0. The van der Waals surface area contributed by atoms with Gasteiger partial charge in [0.2, 0.25) is 0 Å². The predicted octanol–water partition coefficient (Wildman–Crippen LogP) is 8.53. The van der Waals surface area contributed by atoms with Gasteiger partial charge in [-0.3, -0.25) is 4.98 Å². The average molecular weight is 515 g/mol. The van der Waals surface area contributed by atoms with Crippen LogP contribution in [0.5, 0.6) is 0 Å². The summed E-state index contributed by atoms with van der Waals surface area (Å²) in [5, 5.41) is 2.82. The van der Waals surface area contributed by atoms with E-state index in [4.69, 9.17) is 0 Å². The molecule has 0 unspecified atom stereocenters. The number of pyridine rings is 1. The standard InChI is InChI=1S/C29H24F6N2/c1-19-12-22(20-8-4-2-5-9-20)13-27(37-19)14-23(21-10-6-3-7-11-21)18-36-26-16-24(28(30,31)32)15-25(17-26)29(33,34)35/h2-13,15-17,23,36H,14,18H2,1H3/t23-/m1/s1. The third-order valence-corrected chi connectivity index (χ3v) is 5.98. The molecule has 37 heavy (non-hydrogen) atoms. The van der Waals surface area contributed by atoms with E-state index in [0.717, 1.165) is 28.1 Å². The quantitative estimate of drug-likeness (QED) is 0.250.